The first kappa shape index (κ1) is 18.9. The smallest absolute Gasteiger partial charge is 0.243 e. The molecule has 0 amide bonds. The minimum absolute atomic E-state index is 0.380. The van der Waals surface area contributed by atoms with E-state index in [-0.39, 0.29) is 0 Å². The first-order valence-electron chi connectivity index (χ1n) is 7.54. The molecule has 0 atom stereocenters. The predicted molar refractivity (Wildman–Crippen MR) is 88.0 cm³/mol. The number of sulfonamides is 1. The lowest BCUT2D eigenvalue weighted by molar-refractivity contribution is 0.146. The summed E-state index contributed by atoms with van der Waals surface area (Å²) in [6, 6.07) is 3.53. The molecule has 0 radical (unpaired) electrons. The van der Waals surface area contributed by atoms with Crippen molar-refractivity contribution in [3.05, 3.63) is 23.3 Å². The van der Waals surface area contributed by atoms with Gasteiger partial charge in [0.2, 0.25) is 10.0 Å². The Bertz CT molecular complexity index is 561. The maximum absolute atomic E-state index is 12.7. The van der Waals surface area contributed by atoms with Gasteiger partial charge in [-0.05, 0) is 43.5 Å². The normalized spacial score (nSPS) is 11.9. The molecule has 0 bridgehead atoms. The average molecular weight is 329 g/mol. The highest BCUT2D eigenvalue weighted by Crippen LogP contribution is 2.28. The lowest BCUT2D eigenvalue weighted by Crippen LogP contribution is -2.29. The summed E-state index contributed by atoms with van der Waals surface area (Å²) in [5.41, 5.74) is 1.41. The molecule has 0 aliphatic heterocycles. The summed E-state index contributed by atoms with van der Waals surface area (Å²) < 4.78 is 37.4. The van der Waals surface area contributed by atoms with Crippen molar-refractivity contribution in [2.24, 2.45) is 0 Å². The van der Waals surface area contributed by atoms with Crippen molar-refractivity contribution in [2.45, 2.75) is 38.5 Å². The van der Waals surface area contributed by atoms with Gasteiger partial charge in [0.15, 0.2) is 0 Å². The van der Waals surface area contributed by atoms with Crippen LogP contribution in [0.5, 0.6) is 5.75 Å². The first-order valence-corrected chi connectivity index (χ1v) is 8.98. The van der Waals surface area contributed by atoms with Gasteiger partial charge in [0.25, 0.3) is 0 Å². The molecule has 0 saturated heterocycles. The third-order valence-corrected chi connectivity index (χ3v) is 5.65. The largest absolute Gasteiger partial charge is 0.491 e. The molecule has 0 heterocycles. The van der Waals surface area contributed by atoms with E-state index in [1.807, 2.05) is 6.92 Å². The van der Waals surface area contributed by atoms with Gasteiger partial charge in [0.05, 0.1) is 11.5 Å². The van der Waals surface area contributed by atoms with E-state index in [1.165, 1.54) is 4.31 Å². The summed E-state index contributed by atoms with van der Waals surface area (Å²) in [6.45, 7) is 7.12. The van der Waals surface area contributed by atoms with Crippen molar-refractivity contribution in [3.8, 4) is 5.75 Å². The number of aryl methyl sites for hydroxylation is 2. The third-order valence-electron chi connectivity index (χ3n) is 3.48. The Hall–Kier alpha value is -1.11. The standard InChI is InChI=1S/C16H27NO4S/c1-6-7-8-17(4)22(18,19)16-13(2)11-15(12-14(16)3)21-10-9-20-5/h11-12H,6-10H2,1-5H3. The molecule has 0 spiro atoms. The van der Waals surface area contributed by atoms with Crippen molar-refractivity contribution in [1.82, 2.24) is 4.31 Å². The van der Waals surface area contributed by atoms with Crippen LogP contribution in [0.25, 0.3) is 0 Å². The number of ether oxygens (including phenoxy) is 2. The van der Waals surface area contributed by atoms with Crippen LogP contribution in [-0.4, -0.2) is 46.6 Å². The van der Waals surface area contributed by atoms with E-state index in [9.17, 15) is 8.42 Å². The van der Waals surface area contributed by atoms with Crippen molar-refractivity contribution in [1.29, 1.82) is 0 Å². The highest BCUT2D eigenvalue weighted by atomic mass is 32.2. The van der Waals surface area contributed by atoms with Crippen molar-refractivity contribution in [3.63, 3.8) is 0 Å². The van der Waals surface area contributed by atoms with Gasteiger partial charge < -0.3 is 9.47 Å². The van der Waals surface area contributed by atoms with Crippen LogP contribution in [0.4, 0.5) is 0 Å². The molecule has 0 aliphatic carbocycles. The zero-order valence-corrected chi connectivity index (χ0v) is 15.0. The lowest BCUT2D eigenvalue weighted by Gasteiger charge is -2.20. The van der Waals surface area contributed by atoms with E-state index in [0.717, 1.165) is 12.8 Å². The number of hydrogen-bond donors (Lipinski definition) is 0. The Balaban J connectivity index is 3.04. The Labute approximate surface area is 134 Å². The second-order valence-electron chi connectivity index (χ2n) is 5.41. The molecular weight excluding hydrogens is 302 g/mol. The van der Waals surface area contributed by atoms with E-state index < -0.39 is 10.0 Å². The highest BCUT2D eigenvalue weighted by molar-refractivity contribution is 7.89. The zero-order valence-electron chi connectivity index (χ0n) is 14.2. The Morgan fingerprint density at radius 2 is 1.73 bits per heavy atom. The summed E-state index contributed by atoms with van der Waals surface area (Å²) >= 11 is 0. The topological polar surface area (TPSA) is 55.8 Å². The predicted octanol–water partition coefficient (Wildman–Crippen LogP) is 2.75. The number of nitrogens with zero attached hydrogens (tertiary/aromatic N) is 1. The van der Waals surface area contributed by atoms with Crippen LogP contribution in [0.3, 0.4) is 0 Å². The third kappa shape index (κ3) is 4.69. The second kappa shape index (κ2) is 8.50. The summed E-state index contributed by atoms with van der Waals surface area (Å²) in [5, 5.41) is 0. The summed E-state index contributed by atoms with van der Waals surface area (Å²) in [5.74, 6) is 0.669. The van der Waals surface area contributed by atoms with Crippen LogP contribution in [-0.2, 0) is 14.8 Å². The van der Waals surface area contributed by atoms with E-state index in [4.69, 9.17) is 9.47 Å². The number of hydrogen-bond acceptors (Lipinski definition) is 4. The summed E-state index contributed by atoms with van der Waals surface area (Å²) in [4.78, 5) is 0.380. The van der Waals surface area contributed by atoms with Gasteiger partial charge in [-0.25, -0.2) is 12.7 Å². The van der Waals surface area contributed by atoms with Crippen molar-refractivity contribution in [2.75, 3.05) is 33.9 Å². The molecular formula is C16H27NO4S. The molecule has 0 unspecified atom stereocenters. The van der Waals surface area contributed by atoms with E-state index >= 15 is 0 Å². The van der Waals surface area contributed by atoms with E-state index in [2.05, 4.69) is 0 Å². The van der Waals surface area contributed by atoms with Gasteiger partial charge in [-0.15, -0.1) is 0 Å². The number of benzene rings is 1. The molecule has 0 N–H and O–H groups in total. The van der Waals surface area contributed by atoms with Crippen LogP contribution in [0.2, 0.25) is 0 Å². The van der Waals surface area contributed by atoms with Crippen LogP contribution in [0.1, 0.15) is 30.9 Å². The molecule has 1 aromatic carbocycles. The van der Waals surface area contributed by atoms with E-state index in [1.54, 1.807) is 40.1 Å². The van der Waals surface area contributed by atoms with Gasteiger partial charge in [-0.2, -0.15) is 0 Å². The van der Waals surface area contributed by atoms with Crippen LogP contribution >= 0.6 is 0 Å². The molecule has 5 nitrogen and oxygen atoms in total. The molecule has 0 saturated carbocycles. The Morgan fingerprint density at radius 1 is 1.14 bits per heavy atom. The fourth-order valence-electron chi connectivity index (χ4n) is 2.30. The SMILES string of the molecule is CCCCN(C)S(=O)(=O)c1c(C)cc(OCCOC)cc1C. The van der Waals surface area contributed by atoms with E-state index in [0.29, 0.717) is 41.5 Å². The Morgan fingerprint density at radius 3 is 2.23 bits per heavy atom. The first-order chi connectivity index (χ1) is 10.3. The van der Waals surface area contributed by atoms with Gasteiger partial charge >= 0.3 is 0 Å². The minimum atomic E-state index is -3.46. The quantitative estimate of drug-likeness (QED) is 0.654. The van der Waals surface area contributed by atoms with Gasteiger partial charge in [-0.3, -0.25) is 0 Å². The maximum atomic E-state index is 12.7. The molecule has 0 aliphatic rings. The average Bonchev–Trinajstić information content (AvgIpc) is 2.43. The lowest BCUT2D eigenvalue weighted by atomic mass is 10.1. The molecule has 0 aromatic heterocycles. The number of unbranched alkanes of at least 4 members (excludes halogenated alkanes) is 1. The molecule has 126 valence electrons. The van der Waals surface area contributed by atoms with Crippen molar-refractivity contribution >= 4 is 10.0 Å². The molecule has 6 heteroatoms. The maximum Gasteiger partial charge on any atom is 0.243 e. The molecule has 1 aromatic rings. The molecule has 1 rings (SSSR count). The fourth-order valence-corrected chi connectivity index (χ4v) is 3.91. The van der Waals surface area contributed by atoms with Crippen LogP contribution in [0.15, 0.2) is 17.0 Å². The monoisotopic (exact) mass is 329 g/mol. The van der Waals surface area contributed by atoms with Crippen LogP contribution < -0.4 is 4.74 Å². The Kier molecular flexibility index (Phi) is 7.32. The van der Waals surface area contributed by atoms with Gasteiger partial charge in [0.1, 0.15) is 12.4 Å². The van der Waals surface area contributed by atoms with Gasteiger partial charge in [-0.1, -0.05) is 13.3 Å². The van der Waals surface area contributed by atoms with Gasteiger partial charge in [0, 0.05) is 20.7 Å². The minimum Gasteiger partial charge on any atom is -0.491 e. The molecule has 0 fully saturated rings. The number of methoxy groups -OCH3 is 1. The summed E-state index contributed by atoms with van der Waals surface area (Å²) in [6.07, 6.45) is 1.82. The summed E-state index contributed by atoms with van der Waals surface area (Å²) in [7, 11) is -0.217. The fraction of sp³-hybridized carbons (Fsp3) is 0.625. The van der Waals surface area contributed by atoms with Crippen molar-refractivity contribution < 1.29 is 17.9 Å². The second-order valence-corrected chi connectivity index (χ2v) is 7.39. The van der Waals surface area contributed by atoms with Crippen LogP contribution in [0, 0.1) is 13.8 Å². The zero-order chi connectivity index (χ0) is 16.8. The molecule has 22 heavy (non-hydrogen) atoms. The highest BCUT2D eigenvalue weighted by Gasteiger charge is 2.25. The number of rotatable bonds is 9.